The van der Waals surface area contributed by atoms with Crippen LogP contribution in [0.25, 0.3) is 10.9 Å². The molecule has 180 valence electrons. The fraction of sp³-hybridized carbons (Fsp3) is 0.519. The third-order valence-corrected chi connectivity index (χ3v) is 8.73. The molecule has 1 fully saturated rings. The number of fused-ring (bicyclic) bond motifs is 2. The summed E-state index contributed by atoms with van der Waals surface area (Å²) in [4.78, 5) is 25.9. The summed E-state index contributed by atoms with van der Waals surface area (Å²) in [6.07, 6.45) is 8.42. The maximum Gasteiger partial charge on any atom is 0.252 e. The van der Waals surface area contributed by atoms with Crippen molar-refractivity contribution in [2.75, 3.05) is 13.1 Å². The summed E-state index contributed by atoms with van der Waals surface area (Å²) in [5.74, 6) is 0.735. The molecular formula is C27H34N4O2S. The molecule has 0 radical (unpaired) electrons. The van der Waals surface area contributed by atoms with E-state index < -0.39 is 5.60 Å². The normalized spacial score (nSPS) is 21.4. The number of hydrogen-bond donors (Lipinski definition) is 2. The first-order chi connectivity index (χ1) is 16.4. The SMILES string of the molecule is CC(C)(O)c1nc2c(s1)CCN(CCC1CCC(NC(=O)c3cccc4ncccc34)CC1)C2. The molecule has 0 bridgehead atoms. The van der Waals surface area contributed by atoms with Crippen LogP contribution in [0.5, 0.6) is 0 Å². The molecule has 0 spiro atoms. The zero-order valence-electron chi connectivity index (χ0n) is 20.1. The van der Waals surface area contributed by atoms with Crippen LogP contribution < -0.4 is 5.32 Å². The Morgan fingerprint density at radius 3 is 2.82 bits per heavy atom. The minimum atomic E-state index is -0.856. The first-order valence-corrected chi connectivity index (χ1v) is 13.3. The van der Waals surface area contributed by atoms with Gasteiger partial charge >= 0.3 is 0 Å². The fourth-order valence-corrected chi connectivity index (χ4v) is 6.29. The van der Waals surface area contributed by atoms with Crippen LogP contribution >= 0.6 is 11.3 Å². The van der Waals surface area contributed by atoms with Gasteiger partial charge in [-0.25, -0.2) is 4.98 Å². The molecule has 1 amide bonds. The number of thiazole rings is 1. The summed E-state index contributed by atoms with van der Waals surface area (Å²) in [6.45, 7) is 6.69. The Hall–Kier alpha value is -2.35. The van der Waals surface area contributed by atoms with Gasteiger partial charge in [0.25, 0.3) is 5.91 Å². The number of rotatable bonds is 6. The van der Waals surface area contributed by atoms with Crippen LogP contribution in [0, 0.1) is 5.92 Å². The van der Waals surface area contributed by atoms with Crippen molar-refractivity contribution in [3.63, 3.8) is 0 Å². The van der Waals surface area contributed by atoms with Crippen LogP contribution in [0.2, 0.25) is 0 Å². The van der Waals surface area contributed by atoms with Crippen molar-refractivity contribution in [3.8, 4) is 0 Å². The second-order valence-corrected chi connectivity index (χ2v) is 11.4. The average Bonchev–Trinajstić information content (AvgIpc) is 3.27. The maximum atomic E-state index is 12.9. The molecule has 2 N–H and O–H groups in total. The zero-order chi connectivity index (χ0) is 23.7. The van der Waals surface area contributed by atoms with Gasteiger partial charge in [-0.1, -0.05) is 12.1 Å². The summed E-state index contributed by atoms with van der Waals surface area (Å²) in [5.41, 5.74) is 1.87. The average molecular weight is 479 g/mol. The number of carbonyl (C=O) groups excluding carboxylic acids is 1. The second kappa shape index (κ2) is 9.72. The minimum Gasteiger partial charge on any atom is -0.383 e. The van der Waals surface area contributed by atoms with Crippen molar-refractivity contribution in [1.82, 2.24) is 20.2 Å². The molecule has 0 saturated heterocycles. The van der Waals surface area contributed by atoms with E-state index in [9.17, 15) is 9.90 Å². The van der Waals surface area contributed by atoms with Crippen LogP contribution in [-0.4, -0.2) is 45.0 Å². The molecule has 3 aromatic rings. The van der Waals surface area contributed by atoms with Gasteiger partial charge in [0.2, 0.25) is 0 Å². The smallest absolute Gasteiger partial charge is 0.252 e. The Balaban J connectivity index is 1.09. The van der Waals surface area contributed by atoms with Gasteiger partial charge in [-0.15, -0.1) is 11.3 Å². The van der Waals surface area contributed by atoms with Gasteiger partial charge in [-0.05, 0) is 83.0 Å². The van der Waals surface area contributed by atoms with Gasteiger partial charge in [0.15, 0.2) is 0 Å². The van der Waals surface area contributed by atoms with Crippen LogP contribution in [-0.2, 0) is 18.6 Å². The van der Waals surface area contributed by atoms with Crippen molar-refractivity contribution < 1.29 is 9.90 Å². The highest BCUT2D eigenvalue weighted by Gasteiger charge is 2.28. The van der Waals surface area contributed by atoms with Crippen molar-refractivity contribution in [2.45, 2.75) is 70.6 Å². The number of pyridine rings is 1. The van der Waals surface area contributed by atoms with Gasteiger partial charge in [-0.2, -0.15) is 0 Å². The number of benzene rings is 1. The van der Waals surface area contributed by atoms with Crippen LogP contribution in [0.15, 0.2) is 36.5 Å². The molecule has 1 aliphatic heterocycles. The molecule has 6 nitrogen and oxygen atoms in total. The molecule has 7 heteroatoms. The lowest BCUT2D eigenvalue weighted by Gasteiger charge is -2.32. The summed E-state index contributed by atoms with van der Waals surface area (Å²) < 4.78 is 0. The Bertz CT molecular complexity index is 1160. The summed E-state index contributed by atoms with van der Waals surface area (Å²) >= 11 is 1.67. The van der Waals surface area contributed by atoms with Gasteiger partial charge in [0.1, 0.15) is 10.6 Å². The van der Waals surface area contributed by atoms with Crippen LogP contribution in [0.3, 0.4) is 0 Å². The molecule has 1 aliphatic carbocycles. The largest absolute Gasteiger partial charge is 0.383 e. The third kappa shape index (κ3) is 5.16. The number of aliphatic hydroxyl groups is 1. The molecule has 0 unspecified atom stereocenters. The van der Waals surface area contributed by atoms with E-state index in [0.717, 1.165) is 66.4 Å². The number of nitrogens with one attached hydrogen (secondary N) is 1. The first kappa shape index (κ1) is 23.4. The molecule has 3 heterocycles. The maximum absolute atomic E-state index is 12.9. The molecule has 1 saturated carbocycles. The lowest BCUT2D eigenvalue weighted by atomic mass is 9.84. The van der Waals surface area contributed by atoms with E-state index in [0.29, 0.717) is 5.56 Å². The van der Waals surface area contributed by atoms with E-state index in [1.165, 1.54) is 24.1 Å². The number of nitrogens with zero attached hydrogens (tertiary/aromatic N) is 3. The first-order valence-electron chi connectivity index (χ1n) is 12.5. The van der Waals surface area contributed by atoms with E-state index in [1.807, 2.05) is 44.2 Å². The van der Waals surface area contributed by atoms with E-state index in [1.54, 1.807) is 17.5 Å². The third-order valence-electron chi connectivity index (χ3n) is 7.26. The Morgan fingerprint density at radius 1 is 1.21 bits per heavy atom. The standard InChI is InChI=1S/C27H34N4O2S/c1-27(2,33)26-30-23-17-31(16-13-24(23)34-26)15-12-18-8-10-19(11-9-18)29-25(32)21-5-3-7-22-20(21)6-4-14-28-22/h3-7,14,18-19,33H,8-13,15-17H2,1-2H3,(H,29,32). The number of hydrogen-bond acceptors (Lipinski definition) is 6. The predicted molar refractivity (Wildman–Crippen MR) is 136 cm³/mol. The highest BCUT2D eigenvalue weighted by molar-refractivity contribution is 7.11. The van der Waals surface area contributed by atoms with Crippen molar-refractivity contribution in [3.05, 3.63) is 57.7 Å². The number of amides is 1. The monoisotopic (exact) mass is 478 g/mol. The Labute approximate surface area is 205 Å². The Kier molecular flexibility index (Phi) is 6.69. The zero-order valence-corrected chi connectivity index (χ0v) is 20.9. The van der Waals surface area contributed by atoms with Gasteiger partial charge in [0, 0.05) is 41.2 Å². The minimum absolute atomic E-state index is 0.0138. The number of carbonyl (C=O) groups is 1. The van der Waals surface area contributed by atoms with Gasteiger partial charge in [-0.3, -0.25) is 14.7 Å². The fourth-order valence-electron chi connectivity index (χ4n) is 5.23. The van der Waals surface area contributed by atoms with E-state index in [2.05, 4.69) is 15.2 Å². The Morgan fingerprint density at radius 2 is 2.03 bits per heavy atom. The van der Waals surface area contributed by atoms with Crippen LogP contribution in [0.4, 0.5) is 0 Å². The van der Waals surface area contributed by atoms with Gasteiger partial charge in [0.05, 0.1) is 11.2 Å². The second-order valence-electron chi connectivity index (χ2n) is 10.3. The summed E-state index contributed by atoms with van der Waals surface area (Å²) in [6, 6.07) is 9.84. The van der Waals surface area contributed by atoms with E-state index in [4.69, 9.17) is 4.98 Å². The quantitative estimate of drug-likeness (QED) is 0.539. The molecule has 2 aliphatic rings. The van der Waals surface area contributed by atoms with Gasteiger partial charge < -0.3 is 10.4 Å². The summed E-state index contributed by atoms with van der Waals surface area (Å²) in [7, 11) is 0. The predicted octanol–water partition coefficient (Wildman–Crippen LogP) is 4.66. The van der Waals surface area contributed by atoms with Crippen molar-refractivity contribution in [2.24, 2.45) is 5.92 Å². The molecule has 34 heavy (non-hydrogen) atoms. The van der Waals surface area contributed by atoms with E-state index in [-0.39, 0.29) is 11.9 Å². The van der Waals surface area contributed by atoms with E-state index >= 15 is 0 Å². The van der Waals surface area contributed by atoms with Crippen molar-refractivity contribution >= 4 is 28.1 Å². The van der Waals surface area contributed by atoms with Crippen molar-refractivity contribution in [1.29, 1.82) is 0 Å². The molecule has 2 aromatic heterocycles. The lowest BCUT2D eigenvalue weighted by Crippen LogP contribution is -2.38. The lowest BCUT2D eigenvalue weighted by molar-refractivity contribution is 0.0778. The highest BCUT2D eigenvalue weighted by Crippen LogP contribution is 2.32. The molecular weight excluding hydrogens is 444 g/mol. The summed E-state index contributed by atoms with van der Waals surface area (Å²) in [5, 5.41) is 15.3. The topological polar surface area (TPSA) is 78.4 Å². The highest BCUT2D eigenvalue weighted by atomic mass is 32.1. The number of aromatic nitrogens is 2. The molecule has 1 aromatic carbocycles. The molecule has 0 atom stereocenters. The van der Waals surface area contributed by atoms with Crippen LogP contribution in [0.1, 0.15) is 71.9 Å². The molecule has 5 rings (SSSR count).